The third-order valence-corrected chi connectivity index (χ3v) is 6.57. The second-order valence-corrected chi connectivity index (χ2v) is 8.68. The van der Waals surface area contributed by atoms with Crippen molar-refractivity contribution in [2.24, 2.45) is 0 Å². The van der Waals surface area contributed by atoms with Gasteiger partial charge in [0, 0.05) is 11.6 Å². The molecule has 5 nitrogen and oxygen atoms in total. The molecule has 27 heavy (non-hydrogen) atoms. The van der Waals surface area contributed by atoms with E-state index in [4.69, 9.17) is 21.1 Å². The van der Waals surface area contributed by atoms with Crippen LogP contribution in [0.15, 0.2) is 53.4 Å². The minimum Gasteiger partial charge on any atom is -0.491 e. The lowest BCUT2D eigenvalue weighted by atomic mass is 9.73. The summed E-state index contributed by atoms with van der Waals surface area (Å²) in [6.07, 6.45) is 2.52. The van der Waals surface area contributed by atoms with Gasteiger partial charge in [-0.05, 0) is 68.1 Å². The average Bonchev–Trinajstić information content (AvgIpc) is 2.63. The highest BCUT2D eigenvalue weighted by Gasteiger charge is 2.42. The maximum atomic E-state index is 12.9. The van der Waals surface area contributed by atoms with Crippen molar-refractivity contribution >= 4 is 21.6 Å². The predicted molar refractivity (Wildman–Crippen MR) is 106 cm³/mol. The lowest BCUT2D eigenvalue weighted by Crippen LogP contribution is -2.50. The van der Waals surface area contributed by atoms with Crippen LogP contribution in [0.4, 0.5) is 0 Å². The number of ether oxygens (including phenoxy) is 2. The fraction of sp³-hybridized carbons (Fsp3) is 0.400. The molecule has 3 rings (SSSR count). The average molecular weight is 410 g/mol. The Labute approximate surface area is 165 Å². The molecule has 1 aliphatic carbocycles. The van der Waals surface area contributed by atoms with Crippen molar-refractivity contribution in [3.05, 3.63) is 59.1 Å². The summed E-state index contributed by atoms with van der Waals surface area (Å²) in [5.74, 6) is 0.615. The van der Waals surface area contributed by atoms with Crippen LogP contribution in [0.1, 0.15) is 31.7 Å². The molecule has 0 bridgehead atoms. The molecule has 1 N–H and O–H groups in total. The molecule has 0 radical (unpaired) electrons. The van der Waals surface area contributed by atoms with E-state index in [1.54, 1.807) is 36.4 Å². The van der Waals surface area contributed by atoms with E-state index in [1.807, 2.05) is 19.1 Å². The number of hydrogen-bond acceptors (Lipinski definition) is 4. The van der Waals surface area contributed by atoms with Crippen LogP contribution in [0.25, 0.3) is 0 Å². The highest BCUT2D eigenvalue weighted by Crippen LogP contribution is 2.42. The number of rotatable bonds is 9. The van der Waals surface area contributed by atoms with Gasteiger partial charge in [-0.1, -0.05) is 23.7 Å². The molecular formula is C20H24ClNO4S. The summed E-state index contributed by atoms with van der Waals surface area (Å²) in [4.78, 5) is 0.222. The van der Waals surface area contributed by atoms with E-state index in [2.05, 4.69) is 4.72 Å². The van der Waals surface area contributed by atoms with Gasteiger partial charge in [-0.3, -0.25) is 0 Å². The lowest BCUT2D eigenvalue weighted by molar-refractivity contribution is 0.110. The van der Waals surface area contributed by atoms with Crippen LogP contribution < -0.4 is 9.46 Å². The van der Waals surface area contributed by atoms with Gasteiger partial charge in [0.1, 0.15) is 12.4 Å². The highest BCUT2D eigenvalue weighted by atomic mass is 35.5. The Morgan fingerprint density at radius 3 is 2.26 bits per heavy atom. The molecular weight excluding hydrogens is 386 g/mol. The maximum absolute atomic E-state index is 12.9. The van der Waals surface area contributed by atoms with E-state index in [-0.39, 0.29) is 4.90 Å². The van der Waals surface area contributed by atoms with Crippen molar-refractivity contribution < 1.29 is 17.9 Å². The number of benzene rings is 2. The Balaban J connectivity index is 1.71. The normalized spacial score (nSPS) is 15.9. The number of hydrogen-bond donors (Lipinski definition) is 1. The lowest BCUT2D eigenvalue weighted by Gasteiger charge is -2.42. The molecule has 0 heterocycles. The number of sulfonamides is 1. The van der Waals surface area contributed by atoms with Crippen molar-refractivity contribution in [3.8, 4) is 5.75 Å². The van der Waals surface area contributed by atoms with Gasteiger partial charge < -0.3 is 9.47 Å². The van der Waals surface area contributed by atoms with Gasteiger partial charge in [0.05, 0.1) is 17.0 Å². The standard InChI is InChI=1S/C20H24ClNO4S/c1-2-25-14-15-26-18-8-10-19(11-9-18)27(23,24)22-20(12-3-13-20)16-4-6-17(21)7-5-16/h4-11,22H,2-3,12-15H2,1H3. The first-order valence-electron chi connectivity index (χ1n) is 9.06. The molecule has 0 spiro atoms. The molecule has 0 unspecified atom stereocenters. The molecule has 1 saturated carbocycles. The molecule has 146 valence electrons. The molecule has 7 heteroatoms. The monoisotopic (exact) mass is 409 g/mol. The van der Waals surface area contributed by atoms with Gasteiger partial charge in [0.15, 0.2) is 0 Å². The van der Waals surface area contributed by atoms with Gasteiger partial charge in [-0.25, -0.2) is 13.1 Å². The molecule has 1 aliphatic rings. The van der Waals surface area contributed by atoms with E-state index in [1.165, 1.54) is 0 Å². The molecule has 2 aromatic carbocycles. The Morgan fingerprint density at radius 1 is 1.04 bits per heavy atom. The van der Waals surface area contributed by atoms with Crippen molar-refractivity contribution in [3.63, 3.8) is 0 Å². The van der Waals surface area contributed by atoms with E-state index >= 15 is 0 Å². The predicted octanol–water partition coefficient (Wildman–Crippen LogP) is 4.11. The van der Waals surface area contributed by atoms with Crippen molar-refractivity contribution in [2.75, 3.05) is 19.8 Å². The zero-order valence-electron chi connectivity index (χ0n) is 15.3. The zero-order valence-corrected chi connectivity index (χ0v) is 16.9. The minimum absolute atomic E-state index is 0.222. The maximum Gasteiger partial charge on any atom is 0.241 e. The second kappa shape index (κ2) is 8.61. The SMILES string of the molecule is CCOCCOc1ccc(S(=O)(=O)NC2(c3ccc(Cl)cc3)CCC2)cc1. The first kappa shape index (κ1) is 20.1. The second-order valence-electron chi connectivity index (χ2n) is 6.56. The zero-order chi connectivity index (χ0) is 19.3. The molecule has 0 saturated heterocycles. The van der Waals surface area contributed by atoms with Crippen LogP contribution in [0.5, 0.6) is 5.75 Å². The summed E-state index contributed by atoms with van der Waals surface area (Å²) in [7, 11) is -3.65. The van der Waals surface area contributed by atoms with Crippen LogP contribution >= 0.6 is 11.6 Å². The molecule has 2 aromatic rings. The quantitative estimate of drug-likeness (QED) is 0.633. The number of halogens is 1. The smallest absolute Gasteiger partial charge is 0.241 e. The summed E-state index contributed by atoms with van der Waals surface area (Å²) in [6.45, 7) is 3.49. The van der Waals surface area contributed by atoms with Crippen molar-refractivity contribution in [1.29, 1.82) is 0 Å². The third kappa shape index (κ3) is 4.82. The van der Waals surface area contributed by atoms with Crippen LogP contribution in [0.3, 0.4) is 0 Å². The fourth-order valence-electron chi connectivity index (χ4n) is 3.14. The van der Waals surface area contributed by atoms with Crippen LogP contribution in [0.2, 0.25) is 5.02 Å². The van der Waals surface area contributed by atoms with E-state index in [0.29, 0.717) is 30.6 Å². The summed E-state index contributed by atoms with van der Waals surface area (Å²) < 4.78 is 39.4. The fourth-order valence-corrected chi connectivity index (χ4v) is 4.72. The summed E-state index contributed by atoms with van der Waals surface area (Å²) in [5, 5.41) is 0.635. The Morgan fingerprint density at radius 2 is 1.70 bits per heavy atom. The largest absolute Gasteiger partial charge is 0.491 e. The van der Waals surface area contributed by atoms with E-state index in [9.17, 15) is 8.42 Å². The Kier molecular flexibility index (Phi) is 6.42. The molecule has 0 aromatic heterocycles. The van der Waals surface area contributed by atoms with Crippen LogP contribution in [-0.4, -0.2) is 28.2 Å². The molecule has 0 aliphatic heterocycles. The Bertz CT molecular complexity index is 847. The highest BCUT2D eigenvalue weighted by molar-refractivity contribution is 7.89. The van der Waals surface area contributed by atoms with Gasteiger partial charge in [0.25, 0.3) is 0 Å². The Hall–Kier alpha value is -1.60. The van der Waals surface area contributed by atoms with Gasteiger partial charge in [-0.15, -0.1) is 0 Å². The van der Waals surface area contributed by atoms with Gasteiger partial charge in [0.2, 0.25) is 10.0 Å². The third-order valence-electron chi connectivity index (χ3n) is 4.77. The summed E-state index contributed by atoms with van der Waals surface area (Å²) in [6, 6.07) is 13.8. The minimum atomic E-state index is -3.65. The van der Waals surface area contributed by atoms with Crippen LogP contribution in [-0.2, 0) is 20.3 Å². The van der Waals surface area contributed by atoms with Crippen molar-refractivity contribution in [2.45, 2.75) is 36.6 Å². The first-order valence-corrected chi connectivity index (χ1v) is 10.9. The number of nitrogens with one attached hydrogen (secondary N) is 1. The molecule has 1 fully saturated rings. The topological polar surface area (TPSA) is 64.6 Å². The van der Waals surface area contributed by atoms with E-state index in [0.717, 1.165) is 24.8 Å². The molecule has 0 amide bonds. The van der Waals surface area contributed by atoms with Crippen molar-refractivity contribution in [1.82, 2.24) is 4.72 Å². The van der Waals surface area contributed by atoms with E-state index < -0.39 is 15.6 Å². The van der Waals surface area contributed by atoms with Gasteiger partial charge >= 0.3 is 0 Å². The molecule has 0 atom stereocenters. The first-order chi connectivity index (χ1) is 13.0. The van der Waals surface area contributed by atoms with Crippen LogP contribution in [0, 0.1) is 0 Å². The summed E-state index contributed by atoms with van der Waals surface area (Å²) in [5.41, 5.74) is 0.383. The van der Waals surface area contributed by atoms with Gasteiger partial charge in [-0.2, -0.15) is 0 Å². The summed E-state index contributed by atoms with van der Waals surface area (Å²) >= 11 is 5.96.